The molecule has 5 rings (SSSR count). The van der Waals surface area contributed by atoms with E-state index in [1.165, 1.54) is 17.3 Å². The van der Waals surface area contributed by atoms with E-state index in [1.54, 1.807) is 6.20 Å². The summed E-state index contributed by atoms with van der Waals surface area (Å²) in [6.45, 7) is 3.57. The minimum absolute atomic E-state index is 0.0626. The number of benzene rings is 1. The van der Waals surface area contributed by atoms with E-state index in [-0.39, 0.29) is 11.9 Å². The first-order valence-corrected chi connectivity index (χ1v) is 11.6. The fourth-order valence-electron chi connectivity index (χ4n) is 4.63. The van der Waals surface area contributed by atoms with Gasteiger partial charge in [0.2, 0.25) is 0 Å². The lowest BCUT2D eigenvalue weighted by Gasteiger charge is -2.37. The standard InChI is InChI=1S/C23H26N6OS/c1-2-29(23(30)22-13-20-18(26-22)7-4-10-24-20)17-6-3-5-16(12-17)25-14-15-8-9-19-21(11-15)28-31-27-19/h4,7-11,13,16-17,25-26H,2-3,5-6,12,14H2,1H3/t16-,17+/m1/s1. The number of carbonyl (C=O) groups excluding carboxylic acids is 1. The molecule has 31 heavy (non-hydrogen) atoms. The third-order valence-electron chi connectivity index (χ3n) is 6.22. The third kappa shape index (κ3) is 4.18. The molecule has 3 aromatic heterocycles. The maximum absolute atomic E-state index is 13.3. The van der Waals surface area contributed by atoms with Gasteiger partial charge in [0.1, 0.15) is 16.7 Å². The van der Waals surface area contributed by atoms with E-state index in [4.69, 9.17) is 0 Å². The quantitative estimate of drug-likeness (QED) is 0.476. The molecular weight excluding hydrogens is 408 g/mol. The van der Waals surface area contributed by atoms with Crippen LogP contribution >= 0.6 is 11.7 Å². The Hall–Kier alpha value is -2.84. The van der Waals surface area contributed by atoms with Crippen LogP contribution in [-0.4, -0.2) is 48.2 Å². The van der Waals surface area contributed by atoms with Crippen molar-refractivity contribution in [1.29, 1.82) is 0 Å². The molecule has 7 nitrogen and oxygen atoms in total. The number of hydrogen-bond acceptors (Lipinski definition) is 6. The second-order valence-corrected chi connectivity index (χ2v) is 8.72. The van der Waals surface area contributed by atoms with Crippen molar-refractivity contribution in [2.75, 3.05) is 6.54 Å². The van der Waals surface area contributed by atoms with E-state index in [9.17, 15) is 4.79 Å². The van der Waals surface area contributed by atoms with Gasteiger partial charge in [0.05, 0.1) is 22.8 Å². The normalized spacial score (nSPS) is 19.1. The Labute approximate surface area is 185 Å². The molecule has 1 aromatic carbocycles. The number of nitrogens with zero attached hydrogens (tertiary/aromatic N) is 4. The van der Waals surface area contributed by atoms with Gasteiger partial charge in [-0.2, -0.15) is 8.75 Å². The van der Waals surface area contributed by atoms with Crippen LogP contribution in [0.2, 0.25) is 0 Å². The molecule has 1 aliphatic carbocycles. The highest BCUT2D eigenvalue weighted by Gasteiger charge is 2.30. The van der Waals surface area contributed by atoms with Crippen LogP contribution < -0.4 is 5.32 Å². The number of nitrogens with one attached hydrogen (secondary N) is 2. The fourth-order valence-corrected chi connectivity index (χ4v) is 5.14. The van der Waals surface area contributed by atoms with Crippen molar-refractivity contribution in [2.24, 2.45) is 0 Å². The van der Waals surface area contributed by atoms with Gasteiger partial charge in [-0.05, 0) is 68.5 Å². The van der Waals surface area contributed by atoms with E-state index < -0.39 is 0 Å². The van der Waals surface area contributed by atoms with E-state index in [2.05, 4.69) is 43.1 Å². The van der Waals surface area contributed by atoms with Gasteiger partial charge in [0.15, 0.2) is 0 Å². The van der Waals surface area contributed by atoms with E-state index in [0.29, 0.717) is 18.3 Å². The van der Waals surface area contributed by atoms with Crippen LogP contribution in [0, 0.1) is 0 Å². The number of fused-ring (bicyclic) bond motifs is 2. The van der Waals surface area contributed by atoms with E-state index >= 15 is 0 Å². The summed E-state index contributed by atoms with van der Waals surface area (Å²) in [5, 5.41) is 3.70. The summed E-state index contributed by atoms with van der Waals surface area (Å²) in [5.41, 5.74) is 5.49. The minimum atomic E-state index is 0.0626. The monoisotopic (exact) mass is 434 g/mol. The second-order valence-electron chi connectivity index (χ2n) is 8.20. The first kappa shape index (κ1) is 20.1. The van der Waals surface area contributed by atoms with Crippen molar-refractivity contribution < 1.29 is 4.79 Å². The van der Waals surface area contributed by atoms with Crippen molar-refractivity contribution >= 4 is 39.7 Å². The summed E-state index contributed by atoms with van der Waals surface area (Å²) >= 11 is 1.25. The van der Waals surface area contributed by atoms with Gasteiger partial charge in [-0.3, -0.25) is 9.78 Å². The van der Waals surface area contributed by atoms with Crippen molar-refractivity contribution in [3.05, 3.63) is 53.9 Å². The summed E-state index contributed by atoms with van der Waals surface area (Å²) in [5.74, 6) is 0.0626. The highest BCUT2D eigenvalue weighted by atomic mass is 32.1. The second kappa shape index (κ2) is 8.72. The van der Waals surface area contributed by atoms with Gasteiger partial charge in [-0.25, -0.2) is 0 Å². The number of rotatable bonds is 6. The van der Waals surface area contributed by atoms with E-state index in [0.717, 1.165) is 54.3 Å². The maximum atomic E-state index is 13.3. The zero-order chi connectivity index (χ0) is 21.2. The number of hydrogen-bond donors (Lipinski definition) is 2. The van der Waals surface area contributed by atoms with Crippen molar-refractivity contribution in [1.82, 2.24) is 28.9 Å². The lowest BCUT2D eigenvalue weighted by Crippen LogP contribution is -2.46. The molecule has 160 valence electrons. The Balaban J connectivity index is 1.25. The molecule has 4 aromatic rings. The molecule has 3 heterocycles. The number of carbonyl (C=O) groups is 1. The summed E-state index contributed by atoms with van der Waals surface area (Å²) < 4.78 is 8.61. The zero-order valence-corrected chi connectivity index (χ0v) is 18.4. The van der Waals surface area contributed by atoms with Gasteiger partial charge in [0.25, 0.3) is 5.91 Å². The zero-order valence-electron chi connectivity index (χ0n) is 17.5. The summed E-state index contributed by atoms with van der Waals surface area (Å²) in [6, 6.07) is 12.6. The molecule has 0 bridgehead atoms. The van der Waals surface area contributed by atoms with Crippen molar-refractivity contribution in [2.45, 2.75) is 51.2 Å². The van der Waals surface area contributed by atoms with Gasteiger partial charge in [0, 0.05) is 31.4 Å². The van der Waals surface area contributed by atoms with Crippen LogP contribution in [0.15, 0.2) is 42.6 Å². The SMILES string of the molecule is CCN(C(=O)c1cc2ncccc2[nH]1)[C@H]1CCC[C@@H](NCc2ccc3nsnc3c2)C1. The van der Waals surface area contributed by atoms with E-state index in [1.807, 2.05) is 29.2 Å². The van der Waals surface area contributed by atoms with Gasteiger partial charge < -0.3 is 15.2 Å². The lowest BCUT2D eigenvalue weighted by atomic mass is 9.89. The van der Waals surface area contributed by atoms with Crippen LogP contribution in [0.5, 0.6) is 0 Å². The molecule has 0 saturated heterocycles. The summed E-state index contributed by atoms with van der Waals surface area (Å²) in [4.78, 5) is 22.9. The molecular formula is C23H26N6OS. The largest absolute Gasteiger partial charge is 0.349 e. The average molecular weight is 435 g/mol. The molecule has 0 unspecified atom stereocenters. The molecule has 2 atom stereocenters. The average Bonchev–Trinajstić information content (AvgIpc) is 3.45. The Morgan fingerprint density at radius 2 is 2.10 bits per heavy atom. The third-order valence-corrected chi connectivity index (χ3v) is 6.78. The number of H-pyrrole nitrogens is 1. The number of amides is 1. The highest BCUT2D eigenvalue weighted by molar-refractivity contribution is 7.00. The first-order valence-electron chi connectivity index (χ1n) is 10.9. The Bertz CT molecular complexity index is 1170. The van der Waals surface area contributed by atoms with Gasteiger partial charge in [-0.15, -0.1) is 0 Å². The van der Waals surface area contributed by atoms with Crippen LogP contribution in [0.25, 0.3) is 22.1 Å². The number of pyridine rings is 1. The topological polar surface area (TPSA) is 86.8 Å². The number of aromatic amines is 1. The highest BCUT2D eigenvalue weighted by Crippen LogP contribution is 2.26. The van der Waals surface area contributed by atoms with Crippen LogP contribution in [-0.2, 0) is 6.54 Å². The summed E-state index contributed by atoms with van der Waals surface area (Å²) in [6.07, 6.45) is 6.03. The predicted octanol–water partition coefficient (Wildman–Crippen LogP) is 4.13. The fraction of sp³-hybridized carbons (Fsp3) is 0.391. The first-order chi connectivity index (χ1) is 15.2. The number of aromatic nitrogens is 4. The molecule has 1 amide bonds. The van der Waals surface area contributed by atoms with Gasteiger partial charge in [-0.1, -0.05) is 6.07 Å². The van der Waals surface area contributed by atoms with Crippen molar-refractivity contribution in [3.63, 3.8) is 0 Å². The smallest absolute Gasteiger partial charge is 0.270 e. The Morgan fingerprint density at radius 3 is 2.97 bits per heavy atom. The molecule has 8 heteroatoms. The van der Waals surface area contributed by atoms with Gasteiger partial charge >= 0.3 is 0 Å². The molecule has 0 aliphatic heterocycles. The van der Waals surface area contributed by atoms with Crippen LogP contribution in [0.3, 0.4) is 0 Å². The predicted molar refractivity (Wildman–Crippen MR) is 123 cm³/mol. The minimum Gasteiger partial charge on any atom is -0.349 e. The molecule has 2 N–H and O–H groups in total. The van der Waals surface area contributed by atoms with Crippen LogP contribution in [0.1, 0.15) is 48.7 Å². The Morgan fingerprint density at radius 1 is 1.19 bits per heavy atom. The summed E-state index contributed by atoms with van der Waals surface area (Å²) in [7, 11) is 0. The molecule has 1 fully saturated rings. The molecule has 1 saturated carbocycles. The van der Waals surface area contributed by atoms with Crippen molar-refractivity contribution in [3.8, 4) is 0 Å². The molecule has 0 radical (unpaired) electrons. The lowest BCUT2D eigenvalue weighted by molar-refractivity contribution is 0.0623. The van der Waals surface area contributed by atoms with Crippen LogP contribution in [0.4, 0.5) is 0 Å². The molecule has 0 spiro atoms. The molecule has 1 aliphatic rings. The Kier molecular flexibility index (Phi) is 5.65. The maximum Gasteiger partial charge on any atom is 0.270 e.